The third kappa shape index (κ3) is 7.48. The number of carbonyl (C=O) groups is 4. The van der Waals surface area contributed by atoms with Crippen LogP contribution in [0.5, 0.6) is 0 Å². The van der Waals surface area contributed by atoms with E-state index in [1.54, 1.807) is 30.5 Å². The second kappa shape index (κ2) is 16.1. The Bertz CT molecular complexity index is 1750. The van der Waals surface area contributed by atoms with E-state index in [2.05, 4.69) is 23.0 Å². The van der Waals surface area contributed by atoms with Crippen molar-refractivity contribution >= 4 is 34.4 Å². The highest BCUT2D eigenvalue weighted by molar-refractivity contribution is 6.33. The molecule has 6 rings (SSSR count). The third-order valence-corrected chi connectivity index (χ3v) is 9.90. The van der Waals surface area contributed by atoms with E-state index in [4.69, 9.17) is 0 Å². The maximum atomic E-state index is 13.6. The Hall–Kier alpha value is -4.72. The van der Waals surface area contributed by atoms with Crippen LogP contribution < -0.4 is 0 Å². The SMILES string of the molecule is CCCCCCCCCCCCN1C(=O)c2ccc3c4c(ccc(c24)C1=O)C(=O)N(CCCCCc1ccc(-c2ccccn2)nc1)C3=O. The summed E-state index contributed by atoms with van der Waals surface area (Å²) in [4.78, 5) is 65.9. The maximum absolute atomic E-state index is 13.6. The molecule has 0 N–H and O–H groups in total. The molecule has 49 heavy (non-hydrogen) atoms. The molecule has 2 aromatic carbocycles. The van der Waals surface area contributed by atoms with Gasteiger partial charge in [0.15, 0.2) is 0 Å². The molecule has 0 aliphatic carbocycles. The van der Waals surface area contributed by atoms with E-state index in [0.717, 1.165) is 55.5 Å². The first-order valence-corrected chi connectivity index (χ1v) is 18.2. The summed E-state index contributed by atoms with van der Waals surface area (Å²) in [6, 6.07) is 16.4. The van der Waals surface area contributed by atoms with Gasteiger partial charge in [0.05, 0.1) is 11.4 Å². The summed E-state index contributed by atoms with van der Waals surface area (Å²) >= 11 is 0. The summed E-state index contributed by atoms with van der Waals surface area (Å²) < 4.78 is 0. The predicted molar refractivity (Wildman–Crippen MR) is 192 cm³/mol. The first kappa shape index (κ1) is 34.2. The number of unbranched alkanes of at least 4 members (excludes halogenated alkanes) is 11. The van der Waals surface area contributed by atoms with Crippen LogP contribution in [0.2, 0.25) is 0 Å². The molecule has 0 radical (unpaired) electrons. The Balaban J connectivity index is 1.03. The number of aromatic nitrogens is 2. The lowest BCUT2D eigenvalue weighted by atomic mass is 9.86. The highest BCUT2D eigenvalue weighted by Crippen LogP contribution is 2.38. The van der Waals surface area contributed by atoms with Gasteiger partial charge in [0.1, 0.15) is 0 Å². The quantitative estimate of drug-likeness (QED) is 0.0782. The summed E-state index contributed by atoms with van der Waals surface area (Å²) in [6.07, 6.45) is 18.6. The Labute approximate surface area is 288 Å². The Morgan fingerprint density at radius 1 is 0.490 bits per heavy atom. The standard InChI is InChI=1S/C41H46N4O4/c1-2-3-4-5-6-7-8-9-10-15-26-44-38(46)30-20-22-32-37-33(23-21-31(36(30)37)39(44)47)41(49)45(40(32)48)27-16-11-12-17-29-19-24-35(43-28-29)34-18-13-14-25-42-34/h13-14,18-25,28H,2-12,15-17,26-27H2,1H3. The van der Waals surface area contributed by atoms with E-state index < -0.39 is 0 Å². The highest BCUT2D eigenvalue weighted by Gasteiger charge is 2.39. The largest absolute Gasteiger partial charge is 0.274 e. The lowest BCUT2D eigenvalue weighted by Gasteiger charge is -2.32. The van der Waals surface area contributed by atoms with E-state index in [1.807, 2.05) is 30.5 Å². The molecule has 254 valence electrons. The molecule has 0 atom stereocenters. The smallest absolute Gasteiger partial charge is 0.261 e. The molecule has 0 saturated heterocycles. The Kier molecular flexibility index (Phi) is 11.2. The zero-order valence-corrected chi connectivity index (χ0v) is 28.6. The monoisotopic (exact) mass is 658 g/mol. The third-order valence-electron chi connectivity index (χ3n) is 9.90. The van der Waals surface area contributed by atoms with Crippen molar-refractivity contribution in [2.75, 3.05) is 13.1 Å². The predicted octanol–water partition coefficient (Wildman–Crippen LogP) is 8.82. The van der Waals surface area contributed by atoms with Gasteiger partial charge in [-0.15, -0.1) is 0 Å². The van der Waals surface area contributed by atoms with Gasteiger partial charge >= 0.3 is 0 Å². The van der Waals surface area contributed by atoms with Crippen molar-refractivity contribution in [2.45, 2.75) is 96.8 Å². The van der Waals surface area contributed by atoms with Gasteiger partial charge in [-0.25, -0.2) is 0 Å². The van der Waals surface area contributed by atoms with Crippen molar-refractivity contribution in [1.82, 2.24) is 19.8 Å². The summed E-state index contributed by atoms with van der Waals surface area (Å²) in [5.74, 6) is -1.44. The first-order valence-electron chi connectivity index (χ1n) is 18.2. The molecule has 4 amide bonds. The van der Waals surface area contributed by atoms with E-state index in [-0.39, 0.29) is 23.6 Å². The molecule has 0 spiro atoms. The minimum atomic E-state index is -0.372. The number of aryl methyl sites for hydroxylation is 1. The van der Waals surface area contributed by atoms with Gasteiger partial charge < -0.3 is 0 Å². The average molecular weight is 659 g/mol. The summed E-state index contributed by atoms with van der Waals surface area (Å²) in [5.41, 5.74) is 4.33. The van der Waals surface area contributed by atoms with Crippen LogP contribution in [0.3, 0.4) is 0 Å². The number of rotatable bonds is 18. The van der Waals surface area contributed by atoms with Gasteiger partial charge in [-0.2, -0.15) is 0 Å². The van der Waals surface area contributed by atoms with Gasteiger partial charge in [0, 0.05) is 58.5 Å². The lowest BCUT2D eigenvalue weighted by Crippen LogP contribution is -2.43. The van der Waals surface area contributed by atoms with Crippen molar-refractivity contribution < 1.29 is 19.2 Å². The average Bonchev–Trinajstić information content (AvgIpc) is 3.13. The molecule has 8 heteroatoms. The number of nitrogens with zero attached hydrogens (tertiary/aromatic N) is 4. The minimum Gasteiger partial charge on any atom is -0.274 e. The molecule has 4 heterocycles. The summed E-state index contributed by atoms with van der Waals surface area (Å²) in [6.45, 7) is 2.91. The molecule has 8 nitrogen and oxygen atoms in total. The molecule has 2 aliphatic rings. The molecule has 2 aliphatic heterocycles. The number of imide groups is 2. The van der Waals surface area contributed by atoms with Crippen molar-refractivity contribution in [2.24, 2.45) is 0 Å². The van der Waals surface area contributed by atoms with Crippen LogP contribution in [0.25, 0.3) is 22.2 Å². The molecule has 2 aromatic heterocycles. The molecule has 0 fully saturated rings. The first-order chi connectivity index (χ1) is 24.0. The van der Waals surface area contributed by atoms with E-state index in [1.165, 1.54) is 54.7 Å². The second-order valence-corrected chi connectivity index (χ2v) is 13.4. The molecule has 0 saturated carbocycles. The fraction of sp³-hybridized carbons (Fsp3) is 0.415. The van der Waals surface area contributed by atoms with Crippen molar-refractivity contribution in [1.29, 1.82) is 0 Å². The van der Waals surface area contributed by atoms with E-state index in [0.29, 0.717) is 52.5 Å². The van der Waals surface area contributed by atoms with Crippen LogP contribution in [0.1, 0.15) is 137 Å². The number of pyridine rings is 2. The van der Waals surface area contributed by atoms with Crippen LogP contribution in [0.15, 0.2) is 67.0 Å². The van der Waals surface area contributed by atoms with Gasteiger partial charge in [0.2, 0.25) is 0 Å². The van der Waals surface area contributed by atoms with Crippen molar-refractivity contribution in [3.63, 3.8) is 0 Å². The lowest BCUT2D eigenvalue weighted by molar-refractivity contribution is 0.0586. The number of amides is 4. The molecule has 0 unspecified atom stereocenters. The van der Waals surface area contributed by atoms with Crippen LogP contribution in [0, 0.1) is 0 Å². The zero-order chi connectivity index (χ0) is 34.2. The fourth-order valence-corrected chi connectivity index (χ4v) is 7.15. The highest BCUT2D eigenvalue weighted by atomic mass is 16.2. The number of hydrogen-bond acceptors (Lipinski definition) is 6. The molecular formula is C41H46N4O4. The van der Waals surface area contributed by atoms with Crippen molar-refractivity contribution in [3.05, 3.63) is 94.8 Å². The summed E-state index contributed by atoms with van der Waals surface area (Å²) in [7, 11) is 0. The molecular weight excluding hydrogens is 612 g/mol. The Morgan fingerprint density at radius 3 is 1.41 bits per heavy atom. The number of benzene rings is 2. The van der Waals surface area contributed by atoms with E-state index in [9.17, 15) is 19.2 Å². The molecule has 0 bridgehead atoms. The number of carbonyl (C=O) groups excluding carboxylic acids is 4. The van der Waals surface area contributed by atoms with E-state index >= 15 is 0 Å². The summed E-state index contributed by atoms with van der Waals surface area (Å²) in [5, 5.41) is 0.872. The van der Waals surface area contributed by atoms with Crippen LogP contribution in [0.4, 0.5) is 0 Å². The normalized spacial score (nSPS) is 14.0. The maximum Gasteiger partial charge on any atom is 0.261 e. The fourth-order valence-electron chi connectivity index (χ4n) is 7.15. The zero-order valence-electron chi connectivity index (χ0n) is 28.6. The second-order valence-electron chi connectivity index (χ2n) is 13.4. The van der Waals surface area contributed by atoms with Crippen LogP contribution in [-0.2, 0) is 6.42 Å². The number of hydrogen-bond donors (Lipinski definition) is 0. The van der Waals surface area contributed by atoms with Gasteiger partial charge in [0.25, 0.3) is 23.6 Å². The van der Waals surface area contributed by atoms with Crippen LogP contribution in [-0.4, -0.2) is 56.5 Å². The van der Waals surface area contributed by atoms with Gasteiger partial charge in [-0.1, -0.05) is 83.3 Å². The van der Waals surface area contributed by atoms with Crippen LogP contribution >= 0.6 is 0 Å². The van der Waals surface area contributed by atoms with Gasteiger partial charge in [-0.3, -0.25) is 38.9 Å². The van der Waals surface area contributed by atoms with Gasteiger partial charge in [-0.05, 0) is 73.7 Å². The Morgan fingerprint density at radius 2 is 0.959 bits per heavy atom. The minimum absolute atomic E-state index is 0.309. The van der Waals surface area contributed by atoms with Crippen molar-refractivity contribution in [3.8, 4) is 11.4 Å². The topological polar surface area (TPSA) is 101 Å². The molecule has 4 aromatic rings.